The molecule has 0 saturated heterocycles. The minimum Gasteiger partial charge on any atom is -0.346 e. The van der Waals surface area contributed by atoms with E-state index in [0.717, 1.165) is 0 Å². The smallest absolute Gasteiger partial charge is 0.157 e. The molecule has 2 atom stereocenters. The Morgan fingerprint density at radius 3 is 1.16 bits per heavy atom. The van der Waals surface area contributed by atoms with Crippen LogP contribution in [0.4, 0.5) is 0 Å². The molecular formula is C29H61NO2. The van der Waals surface area contributed by atoms with E-state index in [4.69, 9.17) is 15.2 Å². The first kappa shape index (κ1) is 31.9. The molecule has 0 aromatic carbocycles. The molecule has 3 heteroatoms. The van der Waals surface area contributed by atoms with Gasteiger partial charge in [0.15, 0.2) is 6.29 Å². The lowest BCUT2D eigenvalue weighted by atomic mass is 9.84. The van der Waals surface area contributed by atoms with Crippen LogP contribution in [-0.2, 0) is 9.47 Å². The van der Waals surface area contributed by atoms with Crippen LogP contribution in [0, 0.1) is 0 Å². The van der Waals surface area contributed by atoms with Gasteiger partial charge in [-0.25, -0.2) is 0 Å². The van der Waals surface area contributed by atoms with Gasteiger partial charge in [-0.3, -0.25) is 0 Å². The Bertz CT molecular complexity index is 331. The molecule has 0 aromatic heterocycles. The Hall–Kier alpha value is -0.120. The largest absolute Gasteiger partial charge is 0.346 e. The first-order valence-corrected chi connectivity index (χ1v) is 14.6. The second kappa shape index (κ2) is 22.7. The SMILES string of the molecule is CCCCCCCCC(CCCCCCCC)(CCCCCCCC)OC(C)OC(C)N. The van der Waals surface area contributed by atoms with Crippen molar-refractivity contribution in [3.8, 4) is 0 Å². The van der Waals surface area contributed by atoms with Crippen molar-refractivity contribution in [1.29, 1.82) is 0 Å². The number of hydrogen-bond donors (Lipinski definition) is 1. The third kappa shape index (κ3) is 19.4. The molecule has 32 heavy (non-hydrogen) atoms. The predicted molar refractivity (Wildman–Crippen MR) is 142 cm³/mol. The van der Waals surface area contributed by atoms with Crippen molar-refractivity contribution in [2.24, 2.45) is 5.73 Å². The first-order chi connectivity index (χ1) is 15.5. The van der Waals surface area contributed by atoms with Crippen LogP contribution in [0.3, 0.4) is 0 Å². The zero-order valence-corrected chi connectivity index (χ0v) is 22.9. The van der Waals surface area contributed by atoms with E-state index in [-0.39, 0.29) is 18.1 Å². The number of ether oxygens (including phenoxy) is 2. The maximum Gasteiger partial charge on any atom is 0.157 e. The van der Waals surface area contributed by atoms with Crippen LogP contribution in [0.2, 0.25) is 0 Å². The lowest BCUT2D eigenvalue weighted by Gasteiger charge is -2.37. The summed E-state index contributed by atoms with van der Waals surface area (Å²) in [5, 5.41) is 0. The normalized spacial score (nSPS) is 14.1. The van der Waals surface area contributed by atoms with E-state index < -0.39 is 0 Å². The molecule has 2 N–H and O–H groups in total. The minimum atomic E-state index is -0.278. The maximum absolute atomic E-state index is 6.73. The molecule has 194 valence electrons. The lowest BCUT2D eigenvalue weighted by molar-refractivity contribution is -0.224. The Balaban J connectivity index is 4.91. The van der Waals surface area contributed by atoms with Crippen molar-refractivity contribution in [3.05, 3.63) is 0 Å². The molecule has 0 saturated carbocycles. The fraction of sp³-hybridized carbons (Fsp3) is 1.00. The van der Waals surface area contributed by atoms with E-state index in [9.17, 15) is 0 Å². The van der Waals surface area contributed by atoms with Gasteiger partial charge in [0.1, 0.15) is 6.23 Å². The molecule has 0 heterocycles. The highest BCUT2D eigenvalue weighted by atomic mass is 16.7. The van der Waals surface area contributed by atoms with Gasteiger partial charge in [0.2, 0.25) is 0 Å². The van der Waals surface area contributed by atoms with Crippen molar-refractivity contribution in [2.45, 2.75) is 188 Å². The summed E-state index contributed by atoms with van der Waals surface area (Å²) in [5.74, 6) is 0. The van der Waals surface area contributed by atoms with Crippen LogP contribution in [-0.4, -0.2) is 18.1 Å². The molecule has 0 spiro atoms. The summed E-state index contributed by atoms with van der Waals surface area (Å²) in [7, 11) is 0. The molecule has 0 aliphatic rings. The van der Waals surface area contributed by atoms with Gasteiger partial charge in [-0.05, 0) is 33.1 Å². The van der Waals surface area contributed by atoms with Gasteiger partial charge in [0.05, 0.1) is 5.60 Å². The molecule has 0 bridgehead atoms. The van der Waals surface area contributed by atoms with Crippen LogP contribution in [0.5, 0.6) is 0 Å². The van der Waals surface area contributed by atoms with Gasteiger partial charge in [-0.1, -0.05) is 136 Å². The standard InChI is InChI=1S/C29H61NO2/c1-6-9-12-15-18-21-24-29(32-28(5)31-27(4)30,25-22-19-16-13-10-7-2)26-23-20-17-14-11-8-3/h27-28H,6-26,30H2,1-5H3. The summed E-state index contributed by atoms with van der Waals surface area (Å²) in [5.41, 5.74) is 5.88. The molecule has 0 rings (SSSR count). The second-order valence-corrected chi connectivity index (χ2v) is 10.3. The van der Waals surface area contributed by atoms with Gasteiger partial charge >= 0.3 is 0 Å². The van der Waals surface area contributed by atoms with Crippen LogP contribution in [0.1, 0.15) is 169 Å². The lowest BCUT2D eigenvalue weighted by Crippen LogP contribution is -2.39. The summed E-state index contributed by atoms with van der Waals surface area (Å²) in [6.07, 6.45) is 27.1. The summed E-state index contributed by atoms with van der Waals surface area (Å²) in [6.45, 7) is 10.8. The summed E-state index contributed by atoms with van der Waals surface area (Å²) in [4.78, 5) is 0. The van der Waals surface area contributed by atoms with Gasteiger partial charge in [-0.2, -0.15) is 0 Å². The third-order valence-corrected chi connectivity index (χ3v) is 6.78. The Morgan fingerprint density at radius 2 is 0.844 bits per heavy atom. The second-order valence-electron chi connectivity index (χ2n) is 10.3. The molecular weight excluding hydrogens is 394 g/mol. The Labute approximate surface area is 203 Å². The number of rotatable bonds is 25. The molecule has 0 aliphatic heterocycles. The average molecular weight is 456 g/mol. The van der Waals surface area contributed by atoms with Crippen molar-refractivity contribution >= 4 is 0 Å². The highest BCUT2D eigenvalue weighted by Crippen LogP contribution is 2.34. The Kier molecular flexibility index (Phi) is 22.6. The van der Waals surface area contributed by atoms with E-state index in [0.29, 0.717) is 0 Å². The third-order valence-electron chi connectivity index (χ3n) is 6.78. The van der Waals surface area contributed by atoms with Crippen molar-refractivity contribution in [3.63, 3.8) is 0 Å². The molecule has 0 amide bonds. The molecule has 0 aromatic rings. The maximum atomic E-state index is 6.73. The van der Waals surface area contributed by atoms with Crippen molar-refractivity contribution in [1.82, 2.24) is 0 Å². The van der Waals surface area contributed by atoms with Crippen molar-refractivity contribution < 1.29 is 9.47 Å². The number of hydrogen-bond acceptors (Lipinski definition) is 3. The average Bonchev–Trinajstić information content (AvgIpc) is 2.75. The van der Waals surface area contributed by atoms with Gasteiger partial charge < -0.3 is 15.2 Å². The van der Waals surface area contributed by atoms with E-state index in [1.807, 2.05) is 13.8 Å². The van der Waals surface area contributed by atoms with Crippen LogP contribution < -0.4 is 5.73 Å². The zero-order valence-electron chi connectivity index (χ0n) is 22.9. The zero-order chi connectivity index (χ0) is 23.9. The fourth-order valence-electron chi connectivity index (χ4n) is 4.92. The van der Waals surface area contributed by atoms with Gasteiger partial charge in [0.25, 0.3) is 0 Å². The molecule has 0 aliphatic carbocycles. The van der Waals surface area contributed by atoms with Crippen LogP contribution >= 0.6 is 0 Å². The summed E-state index contributed by atoms with van der Waals surface area (Å²) < 4.78 is 12.6. The highest BCUT2D eigenvalue weighted by Gasteiger charge is 2.32. The first-order valence-electron chi connectivity index (χ1n) is 14.6. The minimum absolute atomic E-state index is 0.0332. The van der Waals surface area contributed by atoms with E-state index in [1.165, 1.54) is 135 Å². The van der Waals surface area contributed by atoms with Crippen molar-refractivity contribution in [2.75, 3.05) is 0 Å². The summed E-state index contributed by atoms with van der Waals surface area (Å²) in [6, 6.07) is 0. The number of nitrogens with two attached hydrogens (primary N) is 1. The molecule has 0 radical (unpaired) electrons. The van der Waals surface area contributed by atoms with Gasteiger partial charge in [0, 0.05) is 0 Å². The molecule has 2 unspecified atom stereocenters. The van der Waals surface area contributed by atoms with Crippen LogP contribution in [0.25, 0.3) is 0 Å². The van der Waals surface area contributed by atoms with E-state index in [2.05, 4.69) is 20.8 Å². The molecule has 3 nitrogen and oxygen atoms in total. The highest BCUT2D eigenvalue weighted by molar-refractivity contribution is 4.82. The Morgan fingerprint density at radius 1 is 0.531 bits per heavy atom. The monoisotopic (exact) mass is 455 g/mol. The topological polar surface area (TPSA) is 44.5 Å². The molecule has 0 fully saturated rings. The predicted octanol–water partition coefficient (Wildman–Crippen LogP) is 9.66. The number of unbranched alkanes of at least 4 members (excludes halogenated alkanes) is 15. The fourth-order valence-corrected chi connectivity index (χ4v) is 4.92. The summed E-state index contributed by atoms with van der Waals surface area (Å²) >= 11 is 0. The van der Waals surface area contributed by atoms with E-state index in [1.54, 1.807) is 0 Å². The van der Waals surface area contributed by atoms with Gasteiger partial charge in [-0.15, -0.1) is 0 Å². The van der Waals surface area contributed by atoms with E-state index >= 15 is 0 Å². The quantitative estimate of drug-likeness (QED) is 0.110. The van der Waals surface area contributed by atoms with Crippen LogP contribution in [0.15, 0.2) is 0 Å².